The van der Waals surface area contributed by atoms with Crippen molar-refractivity contribution >= 4 is 43.4 Å². The third-order valence-corrected chi connectivity index (χ3v) is 9.19. The van der Waals surface area contributed by atoms with Crippen LogP contribution in [0, 0.1) is 0 Å². The number of nitrogens with zero attached hydrogens (tertiary/aromatic N) is 1. The summed E-state index contributed by atoms with van der Waals surface area (Å²) in [6.07, 6.45) is 0. The van der Waals surface area contributed by atoms with Crippen molar-refractivity contribution in [3.63, 3.8) is 0 Å². The van der Waals surface area contributed by atoms with Crippen LogP contribution in [0.3, 0.4) is 0 Å². The molecule has 0 saturated carbocycles. The minimum absolute atomic E-state index is 1.17. The second-order valence-electron chi connectivity index (χ2n) is 11.7. The van der Waals surface area contributed by atoms with Gasteiger partial charge in [0, 0.05) is 16.5 Å². The molecule has 0 aliphatic rings. The van der Waals surface area contributed by atoms with E-state index in [1.165, 1.54) is 82.4 Å². The predicted octanol–water partition coefficient (Wildman–Crippen LogP) is 12.1. The first-order valence-electron chi connectivity index (χ1n) is 15.5. The van der Waals surface area contributed by atoms with E-state index in [9.17, 15) is 0 Å². The Balaban J connectivity index is 1.22. The van der Waals surface area contributed by atoms with Gasteiger partial charge in [-0.1, -0.05) is 152 Å². The van der Waals surface area contributed by atoms with Crippen molar-refractivity contribution in [1.82, 2.24) is 4.57 Å². The summed E-state index contributed by atoms with van der Waals surface area (Å²) < 4.78 is 2.38. The Bertz CT molecular complexity index is 2450. The molecular weight excluding hydrogens is 542 g/mol. The van der Waals surface area contributed by atoms with Crippen molar-refractivity contribution in [3.8, 4) is 39.1 Å². The Morgan fingerprint density at radius 1 is 0.267 bits per heavy atom. The largest absolute Gasteiger partial charge is 0.309 e. The zero-order valence-electron chi connectivity index (χ0n) is 24.7. The number of rotatable bonds is 4. The maximum atomic E-state index is 2.38. The van der Waals surface area contributed by atoms with Crippen LogP contribution in [0.25, 0.3) is 82.4 Å². The highest BCUT2D eigenvalue weighted by atomic mass is 15.0. The number of para-hydroxylation sites is 2. The van der Waals surface area contributed by atoms with Crippen molar-refractivity contribution < 1.29 is 0 Å². The van der Waals surface area contributed by atoms with Crippen molar-refractivity contribution in [2.45, 2.75) is 0 Å². The van der Waals surface area contributed by atoms with Crippen molar-refractivity contribution in [3.05, 3.63) is 176 Å². The summed E-state index contributed by atoms with van der Waals surface area (Å²) in [5.74, 6) is 0. The number of aromatic nitrogens is 1. The van der Waals surface area contributed by atoms with Gasteiger partial charge in [-0.05, 0) is 79.2 Å². The minimum atomic E-state index is 1.17. The third kappa shape index (κ3) is 4.09. The van der Waals surface area contributed by atoms with Crippen LogP contribution >= 0.6 is 0 Å². The smallest absolute Gasteiger partial charge is 0.0547 e. The van der Waals surface area contributed by atoms with Crippen LogP contribution in [-0.2, 0) is 0 Å². The first-order valence-corrected chi connectivity index (χ1v) is 15.5. The molecule has 0 unspecified atom stereocenters. The molecule has 210 valence electrons. The van der Waals surface area contributed by atoms with Crippen molar-refractivity contribution in [2.24, 2.45) is 0 Å². The molecule has 0 N–H and O–H groups in total. The van der Waals surface area contributed by atoms with E-state index in [0.717, 1.165) is 0 Å². The SMILES string of the molecule is c1ccc(-c2c3ccccc3c(-c3ccc(-c4ccc5c6ccccc6n(-c6ccccc6)c5c4)cc3)c3ccccc23)cc1. The van der Waals surface area contributed by atoms with E-state index in [0.29, 0.717) is 0 Å². The first-order chi connectivity index (χ1) is 22.3. The molecule has 1 nitrogen and oxygen atoms in total. The van der Waals surface area contributed by atoms with Crippen LogP contribution in [0.2, 0.25) is 0 Å². The summed E-state index contributed by atoms with van der Waals surface area (Å²) in [7, 11) is 0. The van der Waals surface area contributed by atoms with Gasteiger partial charge in [0.1, 0.15) is 0 Å². The van der Waals surface area contributed by atoms with E-state index in [-0.39, 0.29) is 0 Å². The van der Waals surface area contributed by atoms with Crippen molar-refractivity contribution in [1.29, 1.82) is 0 Å². The molecule has 0 amide bonds. The molecule has 1 heterocycles. The van der Waals surface area contributed by atoms with Gasteiger partial charge in [0.25, 0.3) is 0 Å². The maximum Gasteiger partial charge on any atom is 0.0547 e. The van der Waals surface area contributed by atoms with Crippen LogP contribution in [0.5, 0.6) is 0 Å². The van der Waals surface area contributed by atoms with Gasteiger partial charge in [0.05, 0.1) is 11.0 Å². The van der Waals surface area contributed by atoms with E-state index in [1.807, 2.05) is 0 Å². The molecule has 0 aliphatic carbocycles. The lowest BCUT2D eigenvalue weighted by molar-refractivity contribution is 1.18. The zero-order chi connectivity index (χ0) is 29.7. The van der Waals surface area contributed by atoms with E-state index >= 15 is 0 Å². The molecule has 0 atom stereocenters. The van der Waals surface area contributed by atoms with E-state index in [2.05, 4.69) is 180 Å². The van der Waals surface area contributed by atoms with Crippen LogP contribution in [0.4, 0.5) is 0 Å². The van der Waals surface area contributed by atoms with Crippen LogP contribution in [0.1, 0.15) is 0 Å². The summed E-state index contributed by atoms with van der Waals surface area (Å²) in [4.78, 5) is 0. The first kappa shape index (κ1) is 25.6. The quantitative estimate of drug-likeness (QED) is 0.185. The molecule has 45 heavy (non-hydrogen) atoms. The Kier molecular flexibility index (Phi) is 5.89. The highest BCUT2D eigenvalue weighted by molar-refractivity contribution is 6.21. The van der Waals surface area contributed by atoms with E-state index in [4.69, 9.17) is 0 Å². The monoisotopic (exact) mass is 571 g/mol. The van der Waals surface area contributed by atoms with Gasteiger partial charge in [-0.15, -0.1) is 0 Å². The topological polar surface area (TPSA) is 4.93 Å². The molecule has 9 rings (SSSR count). The molecule has 1 aromatic heterocycles. The van der Waals surface area contributed by atoms with Gasteiger partial charge < -0.3 is 4.57 Å². The van der Waals surface area contributed by atoms with Crippen LogP contribution in [0.15, 0.2) is 176 Å². The Labute approximate surface area is 262 Å². The molecule has 8 aromatic carbocycles. The second-order valence-corrected chi connectivity index (χ2v) is 11.7. The fraction of sp³-hybridized carbons (Fsp3) is 0. The third-order valence-electron chi connectivity index (χ3n) is 9.19. The number of hydrogen-bond donors (Lipinski definition) is 0. The summed E-state index contributed by atoms with van der Waals surface area (Å²) >= 11 is 0. The number of fused-ring (bicyclic) bond motifs is 5. The van der Waals surface area contributed by atoms with Gasteiger partial charge in [-0.3, -0.25) is 0 Å². The summed E-state index contributed by atoms with van der Waals surface area (Å²) in [5.41, 5.74) is 11.1. The van der Waals surface area contributed by atoms with Crippen LogP contribution in [-0.4, -0.2) is 4.57 Å². The zero-order valence-corrected chi connectivity index (χ0v) is 24.7. The molecule has 0 bridgehead atoms. The van der Waals surface area contributed by atoms with Gasteiger partial charge in [0.15, 0.2) is 0 Å². The normalized spacial score (nSPS) is 11.6. The average Bonchev–Trinajstić information content (AvgIpc) is 3.45. The lowest BCUT2D eigenvalue weighted by atomic mass is 9.86. The Morgan fingerprint density at radius 2 is 0.689 bits per heavy atom. The molecule has 0 fully saturated rings. The highest BCUT2D eigenvalue weighted by Gasteiger charge is 2.17. The van der Waals surface area contributed by atoms with Gasteiger partial charge >= 0.3 is 0 Å². The fourth-order valence-corrected chi connectivity index (χ4v) is 7.19. The molecular formula is C44H29N. The standard InChI is InChI=1S/C44H29N/c1-3-13-31(14-4-1)43-37-18-7-9-20-39(37)44(40-21-10-8-19-38(40)43)32-25-23-30(24-26-32)33-27-28-36-35-17-11-12-22-41(35)45(42(36)29-33)34-15-5-2-6-16-34/h1-29H. The van der Waals surface area contributed by atoms with Crippen molar-refractivity contribution in [2.75, 3.05) is 0 Å². The number of hydrogen-bond acceptors (Lipinski definition) is 0. The minimum Gasteiger partial charge on any atom is -0.309 e. The predicted molar refractivity (Wildman–Crippen MR) is 192 cm³/mol. The highest BCUT2D eigenvalue weighted by Crippen LogP contribution is 2.44. The second kappa shape index (κ2) is 10.4. The van der Waals surface area contributed by atoms with Gasteiger partial charge in [-0.25, -0.2) is 0 Å². The molecule has 0 radical (unpaired) electrons. The number of benzene rings is 8. The van der Waals surface area contributed by atoms with Crippen LogP contribution < -0.4 is 0 Å². The Morgan fingerprint density at radius 3 is 1.29 bits per heavy atom. The molecule has 0 saturated heterocycles. The van der Waals surface area contributed by atoms with Gasteiger partial charge in [0.2, 0.25) is 0 Å². The average molecular weight is 572 g/mol. The molecule has 9 aromatic rings. The summed E-state index contributed by atoms with van der Waals surface area (Å²) in [6, 6.07) is 63.9. The Hall–Kier alpha value is -5.92. The lowest BCUT2D eigenvalue weighted by Gasteiger charge is -2.18. The summed E-state index contributed by atoms with van der Waals surface area (Å²) in [5, 5.41) is 7.65. The lowest BCUT2D eigenvalue weighted by Crippen LogP contribution is -1.93. The van der Waals surface area contributed by atoms with E-state index in [1.54, 1.807) is 0 Å². The molecule has 0 spiro atoms. The van der Waals surface area contributed by atoms with E-state index < -0.39 is 0 Å². The van der Waals surface area contributed by atoms with Gasteiger partial charge in [-0.2, -0.15) is 0 Å². The molecule has 0 aliphatic heterocycles. The fourth-order valence-electron chi connectivity index (χ4n) is 7.19. The maximum absolute atomic E-state index is 2.38. The molecule has 1 heteroatoms. The summed E-state index contributed by atoms with van der Waals surface area (Å²) in [6.45, 7) is 0.